The van der Waals surface area contributed by atoms with Gasteiger partial charge < -0.3 is 4.74 Å². The van der Waals surface area contributed by atoms with E-state index in [1.807, 2.05) is 48.5 Å². The summed E-state index contributed by atoms with van der Waals surface area (Å²) < 4.78 is 5.78. The third kappa shape index (κ3) is 3.35. The highest BCUT2D eigenvalue weighted by molar-refractivity contribution is 5.46. The van der Waals surface area contributed by atoms with E-state index in [-0.39, 0.29) is 0 Å². The largest absolute Gasteiger partial charge is 0.488 e. The maximum Gasteiger partial charge on any atom is 0.137 e. The van der Waals surface area contributed by atoms with Crippen molar-refractivity contribution >= 4 is 0 Å². The fraction of sp³-hybridized carbons (Fsp3) is 0.235. The van der Waals surface area contributed by atoms with Crippen LogP contribution in [0.2, 0.25) is 0 Å². The van der Waals surface area contributed by atoms with Crippen LogP contribution in [0.15, 0.2) is 48.5 Å². The van der Waals surface area contributed by atoms with Crippen LogP contribution in [0.5, 0.6) is 5.75 Å². The fourth-order valence-corrected chi connectivity index (χ4v) is 1.85. The van der Waals surface area contributed by atoms with Gasteiger partial charge in [0.1, 0.15) is 18.4 Å². The summed E-state index contributed by atoms with van der Waals surface area (Å²) in [7, 11) is 0. The van der Waals surface area contributed by atoms with E-state index in [0.717, 1.165) is 5.56 Å². The molecule has 0 fully saturated rings. The average Bonchev–Trinajstić information content (AvgIpc) is 2.45. The molecule has 0 bridgehead atoms. The zero-order valence-corrected chi connectivity index (χ0v) is 11.3. The molecule has 0 aliphatic heterocycles. The first-order chi connectivity index (χ1) is 9.20. The Hall–Kier alpha value is -2.27. The molecule has 2 heteroatoms. The van der Waals surface area contributed by atoms with Crippen molar-refractivity contribution in [2.24, 2.45) is 0 Å². The van der Waals surface area contributed by atoms with Gasteiger partial charge in [0, 0.05) is 0 Å². The predicted molar refractivity (Wildman–Crippen MR) is 76.0 cm³/mol. The van der Waals surface area contributed by atoms with Crippen molar-refractivity contribution in [3.05, 3.63) is 65.2 Å². The summed E-state index contributed by atoms with van der Waals surface area (Å²) in [6.07, 6.45) is 0. The summed E-state index contributed by atoms with van der Waals surface area (Å²) >= 11 is 0. The molecule has 0 atom stereocenters. The molecule has 2 nitrogen and oxygen atoms in total. The maximum atomic E-state index is 9.12. The van der Waals surface area contributed by atoms with Crippen LogP contribution in [0, 0.1) is 11.3 Å². The highest BCUT2D eigenvalue weighted by atomic mass is 16.5. The first-order valence-electron chi connectivity index (χ1n) is 6.41. The fourth-order valence-electron chi connectivity index (χ4n) is 1.85. The summed E-state index contributed by atoms with van der Waals surface area (Å²) in [5, 5.41) is 9.12. The summed E-state index contributed by atoms with van der Waals surface area (Å²) in [6.45, 7) is 4.74. The Bertz CT molecular complexity index is 582. The van der Waals surface area contributed by atoms with Gasteiger partial charge >= 0.3 is 0 Å². The van der Waals surface area contributed by atoms with Crippen molar-refractivity contribution < 1.29 is 4.74 Å². The monoisotopic (exact) mass is 251 g/mol. The lowest BCUT2D eigenvalue weighted by atomic mass is 10.0. The van der Waals surface area contributed by atoms with E-state index in [4.69, 9.17) is 10.00 Å². The minimum absolute atomic E-state index is 0.423. The van der Waals surface area contributed by atoms with Gasteiger partial charge in [0.05, 0.1) is 5.56 Å². The number of hydrogen-bond acceptors (Lipinski definition) is 2. The van der Waals surface area contributed by atoms with Crippen LogP contribution in [-0.2, 0) is 6.61 Å². The first kappa shape index (κ1) is 13.2. The number of nitrogens with zero attached hydrogens (tertiary/aromatic N) is 1. The number of rotatable bonds is 4. The molecule has 2 aromatic carbocycles. The first-order valence-corrected chi connectivity index (χ1v) is 6.41. The molecule has 0 saturated heterocycles. The van der Waals surface area contributed by atoms with Crippen molar-refractivity contribution in [3.8, 4) is 11.8 Å². The van der Waals surface area contributed by atoms with E-state index in [9.17, 15) is 0 Å². The Morgan fingerprint density at radius 1 is 1.11 bits per heavy atom. The summed E-state index contributed by atoms with van der Waals surface area (Å²) in [6, 6.07) is 17.9. The number of hydrogen-bond donors (Lipinski definition) is 0. The summed E-state index contributed by atoms with van der Waals surface area (Å²) in [5.74, 6) is 1.09. The number of benzene rings is 2. The SMILES string of the molecule is CC(C)c1ccc(C#N)c(OCc2ccccc2)c1. The molecule has 0 unspecified atom stereocenters. The Morgan fingerprint density at radius 3 is 2.47 bits per heavy atom. The highest BCUT2D eigenvalue weighted by Crippen LogP contribution is 2.25. The van der Waals surface area contributed by atoms with Crippen molar-refractivity contribution in [1.82, 2.24) is 0 Å². The van der Waals surface area contributed by atoms with E-state index in [1.54, 1.807) is 0 Å². The molecule has 0 aliphatic carbocycles. The highest BCUT2D eigenvalue weighted by Gasteiger charge is 2.07. The van der Waals surface area contributed by atoms with Crippen LogP contribution in [0.3, 0.4) is 0 Å². The van der Waals surface area contributed by atoms with Crippen LogP contribution in [-0.4, -0.2) is 0 Å². The van der Waals surface area contributed by atoms with Crippen LogP contribution in [0.25, 0.3) is 0 Å². The molecule has 0 heterocycles. The molecule has 0 spiro atoms. The third-order valence-corrected chi connectivity index (χ3v) is 3.03. The van der Waals surface area contributed by atoms with Crippen LogP contribution in [0.1, 0.15) is 36.5 Å². The average molecular weight is 251 g/mol. The molecule has 0 amide bonds. The summed E-state index contributed by atoms with van der Waals surface area (Å²) in [4.78, 5) is 0. The van der Waals surface area contributed by atoms with Gasteiger partial charge in [0.15, 0.2) is 0 Å². The van der Waals surface area contributed by atoms with Gasteiger partial charge in [0.25, 0.3) is 0 Å². The van der Waals surface area contributed by atoms with E-state index in [0.29, 0.717) is 23.8 Å². The van der Waals surface area contributed by atoms with Crippen molar-refractivity contribution in [2.75, 3.05) is 0 Å². The van der Waals surface area contributed by atoms with Gasteiger partial charge in [-0.3, -0.25) is 0 Å². The van der Waals surface area contributed by atoms with Crippen LogP contribution >= 0.6 is 0 Å². The van der Waals surface area contributed by atoms with E-state index in [2.05, 4.69) is 19.9 Å². The second kappa shape index (κ2) is 6.06. The molecule has 19 heavy (non-hydrogen) atoms. The molecule has 2 rings (SSSR count). The van der Waals surface area contributed by atoms with Gasteiger partial charge in [-0.05, 0) is 29.2 Å². The maximum absolute atomic E-state index is 9.12. The van der Waals surface area contributed by atoms with Gasteiger partial charge in [-0.1, -0.05) is 50.2 Å². The molecule has 0 radical (unpaired) electrons. The molecular formula is C17H17NO. The lowest BCUT2D eigenvalue weighted by Gasteiger charge is -2.11. The lowest BCUT2D eigenvalue weighted by Crippen LogP contribution is -1.98. The van der Waals surface area contributed by atoms with Crippen molar-refractivity contribution in [2.45, 2.75) is 26.4 Å². The standard InChI is InChI=1S/C17H17NO/c1-13(2)15-8-9-16(11-18)17(10-15)19-12-14-6-4-3-5-7-14/h3-10,13H,12H2,1-2H3. The molecule has 2 aromatic rings. The van der Waals surface area contributed by atoms with Crippen LogP contribution in [0.4, 0.5) is 0 Å². The van der Waals surface area contributed by atoms with Crippen molar-refractivity contribution in [1.29, 1.82) is 5.26 Å². The van der Waals surface area contributed by atoms with Crippen LogP contribution < -0.4 is 4.74 Å². The molecule has 0 aliphatic rings. The Balaban J connectivity index is 2.19. The van der Waals surface area contributed by atoms with E-state index < -0.39 is 0 Å². The Kier molecular flexibility index (Phi) is 4.20. The molecule has 0 saturated carbocycles. The van der Waals surface area contributed by atoms with Crippen molar-refractivity contribution in [3.63, 3.8) is 0 Å². The van der Waals surface area contributed by atoms with Gasteiger partial charge in [0.2, 0.25) is 0 Å². The number of nitriles is 1. The molecular weight excluding hydrogens is 234 g/mol. The second-order valence-corrected chi connectivity index (χ2v) is 4.80. The number of ether oxygens (including phenoxy) is 1. The predicted octanol–water partition coefficient (Wildman–Crippen LogP) is 4.26. The zero-order chi connectivity index (χ0) is 13.7. The third-order valence-electron chi connectivity index (χ3n) is 3.03. The van der Waals surface area contributed by atoms with Gasteiger partial charge in [-0.2, -0.15) is 5.26 Å². The molecule has 96 valence electrons. The lowest BCUT2D eigenvalue weighted by molar-refractivity contribution is 0.305. The molecule has 0 N–H and O–H groups in total. The smallest absolute Gasteiger partial charge is 0.137 e. The Morgan fingerprint density at radius 2 is 1.84 bits per heavy atom. The Labute approximate surface area is 114 Å². The van der Waals surface area contributed by atoms with Gasteiger partial charge in [-0.25, -0.2) is 0 Å². The molecule has 0 aromatic heterocycles. The topological polar surface area (TPSA) is 33.0 Å². The summed E-state index contributed by atoms with van der Waals surface area (Å²) in [5.41, 5.74) is 2.86. The minimum Gasteiger partial charge on any atom is -0.488 e. The second-order valence-electron chi connectivity index (χ2n) is 4.80. The van der Waals surface area contributed by atoms with Gasteiger partial charge in [-0.15, -0.1) is 0 Å². The quantitative estimate of drug-likeness (QED) is 0.813. The zero-order valence-electron chi connectivity index (χ0n) is 11.3. The van der Waals surface area contributed by atoms with E-state index in [1.165, 1.54) is 5.56 Å². The minimum atomic E-state index is 0.423. The normalized spacial score (nSPS) is 10.2. The van der Waals surface area contributed by atoms with E-state index >= 15 is 0 Å².